The highest BCUT2D eigenvalue weighted by molar-refractivity contribution is 7.24. The number of anilines is 1. The highest BCUT2D eigenvalue weighted by Crippen LogP contribution is 2.34. The van der Waals surface area contributed by atoms with Gasteiger partial charge in [-0.25, -0.2) is 18.7 Å². The first kappa shape index (κ1) is 15.1. The molecule has 2 aromatic heterocycles. The van der Waals surface area contributed by atoms with Crippen LogP contribution in [0.2, 0.25) is 0 Å². The molecule has 0 fully saturated rings. The van der Waals surface area contributed by atoms with Crippen LogP contribution in [0.25, 0.3) is 20.4 Å². The van der Waals surface area contributed by atoms with E-state index in [1.54, 1.807) is 11.3 Å². The Morgan fingerprint density at radius 2 is 1.96 bits per heavy atom. The normalized spacial score (nSPS) is 11.3. The number of amides is 1. The highest BCUT2D eigenvalue weighted by Gasteiger charge is 2.16. The van der Waals surface area contributed by atoms with Gasteiger partial charge >= 0.3 is 0 Å². The Morgan fingerprint density at radius 3 is 2.75 bits per heavy atom. The van der Waals surface area contributed by atoms with E-state index in [9.17, 15) is 13.6 Å². The topological polar surface area (TPSA) is 54.9 Å². The molecule has 4 aromatic rings. The van der Waals surface area contributed by atoms with Crippen LogP contribution < -0.4 is 5.32 Å². The van der Waals surface area contributed by atoms with Gasteiger partial charge in [-0.1, -0.05) is 11.3 Å². The molecule has 0 bridgehead atoms. The third-order valence-electron chi connectivity index (χ3n) is 3.42. The van der Waals surface area contributed by atoms with Crippen LogP contribution in [-0.2, 0) is 0 Å². The number of nitrogens with one attached hydrogen (secondary N) is 1. The van der Waals surface area contributed by atoms with Crippen LogP contribution in [0, 0.1) is 18.6 Å². The van der Waals surface area contributed by atoms with Gasteiger partial charge in [0.05, 0.1) is 25.5 Å². The molecule has 120 valence electrons. The van der Waals surface area contributed by atoms with Gasteiger partial charge in [-0.15, -0.1) is 11.3 Å². The summed E-state index contributed by atoms with van der Waals surface area (Å²) in [6, 6.07) is 6.62. The number of carbonyl (C=O) groups is 1. The van der Waals surface area contributed by atoms with Crippen molar-refractivity contribution in [2.24, 2.45) is 0 Å². The van der Waals surface area contributed by atoms with E-state index in [1.165, 1.54) is 11.3 Å². The second-order valence-corrected chi connectivity index (χ2v) is 7.32. The summed E-state index contributed by atoms with van der Waals surface area (Å²) in [7, 11) is 0. The van der Waals surface area contributed by atoms with Crippen LogP contribution >= 0.6 is 22.7 Å². The molecule has 0 radical (unpaired) electrons. The molecule has 24 heavy (non-hydrogen) atoms. The Bertz CT molecular complexity index is 1100. The lowest BCUT2D eigenvalue weighted by molar-refractivity contribution is 0.102. The average Bonchev–Trinajstić information content (AvgIpc) is 3.08. The largest absolute Gasteiger partial charge is 0.298 e. The second-order valence-electron chi connectivity index (χ2n) is 5.09. The number of rotatable bonds is 2. The third-order valence-corrected chi connectivity index (χ3v) is 5.35. The SMILES string of the molecule is Cc1nc2c(ccc3nc(NC(=O)c4ccc(F)cc4F)sc32)s1. The van der Waals surface area contributed by atoms with Gasteiger partial charge in [0.15, 0.2) is 5.13 Å². The number of hydrogen-bond donors (Lipinski definition) is 1. The lowest BCUT2D eigenvalue weighted by Crippen LogP contribution is -2.13. The van der Waals surface area contributed by atoms with Crippen LogP contribution in [-0.4, -0.2) is 15.9 Å². The number of halogens is 2. The van der Waals surface area contributed by atoms with Gasteiger partial charge < -0.3 is 0 Å². The number of aromatic nitrogens is 2. The quantitative estimate of drug-likeness (QED) is 0.561. The summed E-state index contributed by atoms with van der Waals surface area (Å²) >= 11 is 2.86. The van der Waals surface area contributed by atoms with Gasteiger partial charge in [0, 0.05) is 6.07 Å². The number of thiazole rings is 2. The van der Waals surface area contributed by atoms with Crippen molar-refractivity contribution in [3.63, 3.8) is 0 Å². The minimum atomic E-state index is -0.911. The van der Waals surface area contributed by atoms with Crippen LogP contribution in [0.4, 0.5) is 13.9 Å². The molecule has 1 amide bonds. The summed E-state index contributed by atoms with van der Waals surface area (Å²) in [5.74, 6) is -2.31. The fourth-order valence-electron chi connectivity index (χ4n) is 2.38. The van der Waals surface area contributed by atoms with Crippen molar-refractivity contribution < 1.29 is 13.6 Å². The van der Waals surface area contributed by atoms with Crippen LogP contribution in [0.1, 0.15) is 15.4 Å². The van der Waals surface area contributed by atoms with Gasteiger partial charge in [-0.3, -0.25) is 10.1 Å². The van der Waals surface area contributed by atoms with E-state index in [1.807, 2.05) is 19.1 Å². The Labute approximate surface area is 142 Å². The predicted octanol–water partition coefficient (Wildman–Crippen LogP) is 4.74. The van der Waals surface area contributed by atoms with Gasteiger partial charge in [-0.05, 0) is 31.2 Å². The van der Waals surface area contributed by atoms with E-state index >= 15 is 0 Å². The number of carbonyl (C=O) groups excluding carboxylic acids is 1. The second kappa shape index (κ2) is 5.57. The molecule has 1 N–H and O–H groups in total. The van der Waals surface area contributed by atoms with Crippen molar-refractivity contribution in [2.75, 3.05) is 5.32 Å². The number of fused-ring (bicyclic) bond motifs is 3. The van der Waals surface area contributed by atoms with Crippen molar-refractivity contribution in [1.82, 2.24) is 9.97 Å². The van der Waals surface area contributed by atoms with Crippen molar-refractivity contribution in [2.45, 2.75) is 6.92 Å². The van der Waals surface area contributed by atoms with E-state index < -0.39 is 17.5 Å². The Kier molecular flexibility index (Phi) is 3.50. The van der Waals surface area contributed by atoms with Crippen molar-refractivity contribution in [1.29, 1.82) is 0 Å². The molecular weight excluding hydrogens is 352 g/mol. The van der Waals surface area contributed by atoms with Crippen LogP contribution in [0.3, 0.4) is 0 Å². The zero-order valence-corrected chi connectivity index (χ0v) is 13.9. The first-order chi connectivity index (χ1) is 11.5. The minimum Gasteiger partial charge on any atom is -0.298 e. The third kappa shape index (κ3) is 2.53. The molecule has 2 aromatic carbocycles. The molecule has 0 aliphatic heterocycles. The van der Waals surface area contributed by atoms with Gasteiger partial charge in [0.2, 0.25) is 0 Å². The summed E-state index contributed by atoms with van der Waals surface area (Å²) in [5, 5.41) is 3.85. The van der Waals surface area contributed by atoms with Crippen molar-refractivity contribution in [3.8, 4) is 0 Å². The molecule has 0 saturated heterocycles. The van der Waals surface area contributed by atoms with Crippen LogP contribution in [0.5, 0.6) is 0 Å². The molecule has 0 atom stereocenters. The van der Waals surface area contributed by atoms with E-state index in [4.69, 9.17) is 0 Å². The lowest BCUT2D eigenvalue weighted by Gasteiger charge is -2.02. The lowest BCUT2D eigenvalue weighted by atomic mass is 10.2. The molecule has 0 unspecified atom stereocenters. The molecule has 0 saturated carbocycles. The van der Waals surface area contributed by atoms with E-state index in [-0.39, 0.29) is 5.56 Å². The molecule has 0 aliphatic carbocycles. The molecule has 0 aliphatic rings. The minimum absolute atomic E-state index is 0.231. The average molecular weight is 361 g/mol. The molecule has 0 spiro atoms. The fraction of sp³-hybridized carbons (Fsp3) is 0.0625. The monoisotopic (exact) mass is 361 g/mol. The predicted molar refractivity (Wildman–Crippen MR) is 91.8 cm³/mol. The number of benzene rings is 2. The highest BCUT2D eigenvalue weighted by atomic mass is 32.1. The fourth-order valence-corrected chi connectivity index (χ4v) is 4.23. The van der Waals surface area contributed by atoms with E-state index in [0.717, 1.165) is 32.1 Å². The van der Waals surface area contributed by atoms with Gasteiger partial charge in [0.1, 0.15) is 17.2 Å². The van der Waals surface area contributed by atoms with E-state index in [0.29, 0.717) is 16.7 Å². The summed E-state index contributed by atoms with van der Waals surface area (Å²) in [5.41, 5.74) is 1.33. The molecule has 2 heterocycles. The number of aryl methyl sites for hydroxylation is 1. The Morgan fingerprint density at radius 1 is 1.12 bits per heavy atom. The zero-order valence-electron chi connectivity index (χ0n) is 12.3. The van der Waals surface area contributed by atoms with Gasteiger partial charge in [0.25, 0.3) is 5.91 Å². The van der Waals surface area contributed by atoms with Crippen LogP contribution in [0.15, 0.2) is 30.3 Å². The van der Waals surface area contributed by atoms with E-state index in [2.05, 4.69) is 15.3 Å². The number of hydrogen-bond acceptors (Lipinski definition) is 5. The molecule has 4 nitrogen and oxygen atoms in total. The Balaban J connectivity index is 1.71. The first-order valence-electron chi connectivity index (χ1n) is 6.94. The smallest absolute Gasteiger partial charge is 0.260 e. The maximum atomic E-state index is 13.7. The van der Waals surface area contributed by atoms with Crippen molar-refractivity contribution in [3.05, 3.63) is 52.5 Å². The first-order valence-corrected chi connectivity index (χ1v) is 8.57. The summed E-state index contributed by atoms with van der Waals surface area (Å²) < 4.78 is 28.5. The van der Waals surface area contributed by atoms with Crippen molar-refractivity contribution >= 4 is 54.1 Å². The summed E-state index contributed by atoms with van der Waals surface area (Å²) in [4.78, 5) is 21.0. The summed E-state index contributed by atoms with van der Waals surface area (Å²) in [6.07, 6.45) is 0. The zero-order chi connectivity index (χ0) is 16.8. The maximum absolute atomic E-state index is 13.7. The van der Waals surface area contributed by atoms with Gasteiger partial charge in [-0.2, -0.15) is 0 Å². The molecule has 8 heteroatoms. The molecular formula is C16H9F2N3OS2. The molecule has 4 rings (SSSR count). The maximum Gasteiger partial charge on any atom is 0.260 e. The summed E-state index contributed by atoms with van der Waals surface area (Å²) in [6.45, 7) is 1.93. The Hall–Kier alpha value is -2.45. The standard InChI is InChI=1S/C16H9F2N3OS2/c1-7-19-13-12(23-7)5-4-11-14(13)24-16(20-11)21-15(22)9-3-2-8(17)6-10(9)18/h2-6H,1H3,(H,20,21,22). The number of nitrogens with zero attached hydrogens (tertiary/aromatic N) is 2.